The van der Waals surface area contributed by atoms with Crippen LogP contribution < -0.4 is 4.90 Å². The molecule has 12 heavy (non-hydrogen) atoms. The molecule has 0 aliphatic rings. The molecule has 0 unspecified atom stereocenters. The van der Waals surface area contributed by atoms with Crippen molar-refractivity contribution in [2.45, 2.75) is 5.88 Å². The number of nitrogens with zero attached hydrogens (tertiary/aromatic N) is 1. The Bertz CT molecular complexity index is 273. The predicted molar refractivity (Wildman–Crippen MR) is 50.3 cm³/mol. The summed E-state index contributed by atoms with van der Waals surface area (Å²) in [5.74, 6) is -0.0311. The quantitative estimate of drug-likeness (QED) is 0.644. The molecule has 0 aliphatic carbocycles. The Morgan fingerprint density at radius 3 is 2.50 bits per heavy atom. The van der Waals surface area contributed by atoms with Crippen LogP contribution in [0.1, 0.15) is 5.56 Å². The van der Waals surface area contributed by atoms with E-state index in [1.54, 1.807) is 6.07 Å². The zero-order valence-corrected chi connectivity index (χ0v) is 7.90. The zero-order chi connectivity index (χ0) is 9.14. The Hall–Kier alpha value is -0.760. The van der Waals surface area contributed by atoms with Gasteiger partial charge in [0.05, 0.1) is 5.88 Å². The Morgan fingerprint density at radius 1 is 1.42 bits per heavy atom. The van der Waals surface area contributed by atoms with Crippen molar-refractivity contribution < 1.29 is 4.39 Å². The molecule has 0 aliphatic heterocycles. The van der Waals surface area contributed by atoms with E-state index in [0.29, 0.717) is 5.56 Å². The topological polar surface area (TPSA) is 3.24 Å². The minimum absolute atomic E-state index is 0.209. The highest BCUT2D eigenvalue weighted by Crippen LogP contribution is 2.22. The summed E-state index contributed by atoms with van der Waals surface area (Å²) in [5, 5.41) is 0. The molecule has 0 bridgehead atoms. The summed E-state index contributed by atoms with van der Waals surface area (Å²) in [6.07, 6.45) is 0. The lowest BCUT2D eigenvalue weighted by Crippen LogP contribution is -2.11. The van der Waals surface area contributed by atoms with Gasteiger partial charge in [0.25, 0.3) is 0 Å². The molecular weight excluding hydrogens is 177 g/mol. The normalized spacial score (nSPS) is 10.0. The molecule has 66 valence electrons. The van der Waals surface area contributed by atoms with Crippen LogP contribution in [0.3, 0.4) is 0 Å². The number of rotatable bonds is 2. The summed E-state index contributed by atoms with van der Waals surface area (Å²) in [7, 11) is 3.73. The van der Waals surface area contributed by atoms with Gasteiger partial charge in [-0.25, -0.2) is 4.39 Å². The third-order valence-electron chi connectivity index (χ3n) is 1.71. The van der Waals surface area contributed by atoms with Crippen molar-refractivity contribution in [2.75, 3.05) is 19.0 Å². The molecule has 0 saturated heterocycles. The molecule has 0 amide bonds. The minimum atomic E-state index is -0.240. The van der Waals surface area contributed by atoms with Crippen LogP contribution in [-0.2, 0) is 5.88 Å². The highest BCUT2D eigenvalue weighted by Gasteiger charge is 2.07. The maximum Gasteiger partial charge on any atom is 0.129 e. The van der Waals surface area contributed by atoms with Gasteiger partial charge in [-0.1, -0.05) is 6.07 Å². The van der Waals surface area contributed by atoms with Crippen molar-refractivity contribution in [2.24, 2.45) is 0 Å². The van der Waals surface area contributed by atoms with Gasteiger partial charge in [-0.3, -0.25) is 0 Å². The molecule has 1 aromatic carbocycles. The van der Waals surface area contributed by atoms with E-state index >= 15 is 0 Å². The molecule has 1 aromatic rings. The molecule has 0 radical (unpaired) electrons. The fourth-order valence-corrected chi connectivity index (χ4v) is 1.36. The molecule has 1 rings (SSSR count). The summed E-state index contributed by atoms with van der Waals surface area (Å²) in [5.41, 5.74) is 1.40. The first-order valence-electron chi connectivity index (χ1n) is 3.67. The van der Waals surface area contributed by atoms with E-state index < -0.39 is 0 Å². The van der Waals surface area contributed by atoms with Crippen LogP contribution in [-0.4, -0.2) is 14.1 Å². The Kier molecular flexibility index (Phi) is 2.93. The maximum absolute atomic E-state index is 13.1. The number of halogens is 2. The van der Waals surface area contributed by atoms with E-state index in [2.05, 4.69) is 0 Å². The molecule has 1 nitrogen and oxygen atoms in total. The lowest BCUT2D eigenvalue weighted by Gasteiger charge is -2.16. The smallest absolute Gasteiger partial charge is 0.129 e. The van der Waals surface area contributed by atoms with Gasteiger partial charge >= 0.3 is 0 Å². The van der Waals surface area contributed by atoms with Crippen molar-refractivity contribution in [1.29, 1.82) is 0 Å². The lowest BCUT2D eigenvalue weighted by atomic mass is 10.2. The summed E-state index contributed by atoms with van der Waals surface area (Å²) in [6.45, 7) is 0. The van der Waals surface area contributed by atoms with Gasteiger partial charge in [-0.05, 0) is 12.1 Å². The molecule has 0 heterocycles. The highest BCUT2D eigenvalue weighted by atomic mass is 35.5. The third kappa shape index (κ3) is 1.69. The Morgan fingerprint density at radius 2 is 2.08 bits per heavy atom. The first-order chi connectivity index (χ1) is 5.66. The average molecular weight is 188 g/mol. The Labute approximate surface area is 76.8 Å². The zero-order valence-electron chi connectivity index (χ0n) is 7.14. The Balaban J connectivity index is 3.18. The van der Waals surface area contributed by atoms with Gasteiger partial charge in [-0.2, -0.15) is 0 Å². The molecule has 0 aromatic heterocycles. The van der Waals surface area contributed by atoms with Crippen molar-refractivity contribution in [3.8, 4) is 0 Å². The fourth-order valence-electron chi connectivity index (χ4n) is 1.10. The molecule has 0 saturated carbocycles. The van der Waals surface area contributed by atoms with Crippen LogP contribution in [0.2, 0.25) is 0 Å². The number of hydrogen-bond donors (Lipinski definition) is 0. The van der Waals surface area contributed by atoms with E-state index in [1.165, 1.54) is 6.07 Å². The first-order valence-corrected chi connectivity index (χ1v) is 4.21. The minimum Gasteiger partial charge on any atom is -0.377 e. The standard InChI is InChI=1S/C9H11ClFN/c1-12(2)9-5-3-4-8(11)7(9)6-10/h3-5H,6H2,1-2H3. The summed E-state index contributed by atoms with van der Waals surface area (Å²) in [6, 6.07) is 4.95. The molecule has 0 atom stereocenters. The fraction of sp³-hybridized carbons (Fsp3) is 0.333. The first kappa shape index (κ1) is 9.33. The molecule has 0 spiro atoms. The van der Waals surface area contributed by atoms with Crippen molar-refractivity contribution in [3.63, 3.8) is 0 Å². The van der Waals surface area contributed by atoms with E-state index in [-0.39, 0.29) is 11.7 Å². The molecule has 0 fully saturated rings. The third-order valence-corrected chi connectivity index (χ3v) is 1.98. The second-order valence-corrected chi connectivity index (χ2v) is 3.03. The van der Waals surface area contributed by atoms with Crippen LogP contribution >= 0.6 is 11.6 Å². The van der Waals surface area contributed by atoms with E-state index in [1.807, 2.05) is 25.1 Å². The molecule has 3 heteroatoms. The second kappa shape index (κ2) is 3.76. The lowest BCUT2D eigenvalue weighted by molar-refractivity contribution is 0.617. The highest BCUT2D eigenvalue weighted by molar-refractivity contribution is 6.17. The molecule has 0 N–H and O–H groups in total. The number of anilines is 1. The van der Waals surface area contributed by atoms with Crippen LogP contribution in [0.4, 0.5) is 10.1 Å². The number of hydrogen-bond acceptors (Lipinski definition) is 1. The average Bonchev–Trinajstić information content (AvgIpc) is 2.03. The van der Waals surface area contributed by atoms with E-state index in [4.69, 9.17) is 11.6 Å². The summed E-state index contributed by atoms with van der Waals surface area (Å²) >= 11 is 5.61. The van der Waals surface area contributed by atoms with Crippen molar-refractivity contribution in [1.82, 2.24) is 0 Å². The van der Waals surface area contributed by atoms with Gasteiger partial charge in [0.1, 0.15) is 5.82 Å². The number of alkyl halides is 1. The van der Waals surface area contributed by atoms with Crippen LogP contribution in [0.5, 0.6) is 0 Å². The SMILES string of the molecule is CN(C)c1cccc(F)c1CCl. The second-order valence-electron chi connectivity index (χ2n) is 2.77. The van der Waals surface area contributed by atoms with Gasteiger partial charge < -0.3 is 4.90 Å². The summed E-state index contributed by atoms with van der Waals surface area (Å²) in [4.78, 5) is 1.85. The van der Waals surface area contributed by atoms with Gasteiger partial charge in [0.2, 0.25) is 0 Å². The van der Waals surface area contributed by atoms with Crippen LogP contribution in [0, 0.1) is 5.82 Å². The van der Waals surface area contributed by atoms with E-state index in [0.717, 1.165) is 5.69 Å². The molecular formula is C9H11ClFN. The van der Waals surface area contributed by atoms with Crippen LogP contribution in [0.15, 0.2) is 18.2 Å². The maximum atomic E-state index is 13.1. The monoisotopic (exact) mass is 187 g/mol. The predicted octanol–water partition coefficient (Wildman–Crippen LogP) is 2.63. The van der Waals surface area contributed by atoms with Gasteiger partial charge in [-0.15, -0.1) is 11.6 Å². The van der Waals surface area contributed by atoms with Gasteiger partial charge in [0.15, 0.2) is 0 Å². The van der Waals surface area contributed by atoms with Crippen molar-refractivity contribution in [3.05, 3.63) is 29.6 Å². The largest absolute Gasteiger partial charge is 0.377 e. The van der Waals surface area contributed by atoms with Gasteiger partial charge in [0, 0.05) is 25.3 Å². The number of benzene rings is 1. The van der Waals surface area contributed by atoms with Crippen LogP contribution in [0.25, 0.3) is 0 Å². The van der Waals surface area contributed by atoms with Crippen molar-refractivity contribution >= 4 is 17.3 Å². The summed E-state index contributed by atoms with van der Waals surface area (Å²) < 4.78 is 13.1. The van der Waals surface area contributed by atoms with E-state index in [9.17, 15) is 4.39 Å².